The molecule has 1 aliphatic rings. The molecule has 6 heteroatoms. The van der Waals surface area contributed by atoms with Crippen LogP contribution in [0.15, 0.2) is 22.6 Å². The summed E-state index contributed by atoms with van der Waals surface area (Å²) in [5, 5.41) is 3.44. The summed E-state index contributed by atoms with van der Waals surface area (Å²) in [5.41, 5.74) is 1.18. The van der Waals surface area contributed by atoms with E-state index in [1.165, 1.54) is 18.9 Å². The molecule has 3 rings (SSSR count). The SMILES string of the molecule is COc1ccc(F)c(-c2nc(CN(C)CC3CCCNC3)c(C)o2)c1. The lowest BCUT2D eigenvalue weighted by atomic mass is 9.99. The number of methoxy groups -OCH3 is 1. The molecule has 0 radical (unpaired) electrons. The molecule has 1 N–H and O–H groups in total. The average molecular weight is 347 g/mol. The van der Waals surface area contributed by atoms with Gasteiger partial charge in [-0.15, -0.1) is 0 Å². The van der Waals surface area contributed by atoms with Gasteiger partial charge < -0.3 is 19.4 Å². The first-order valence-corrected chi connectivity index (χ1v) is 8.76. The Bertz CT molecular complexity index is 711. The summed E-state index contributed by atoms with van der Waals surface area (Å²) >= 11 is 0. The molecular weight excluding hydrogens is 321 g/mol. The lowest BCUT2D eigenvalue weighted by molar-refractivity contribution is 0.235. The number of benzene rings is 1. The molecule has 25 heavy (non-hydrogen) atoms. The second-order valence-corrected chi connectivity index (χ2v) is 6.78. The van der Waals surface area contributed by atoms with Gasteiger partial charge in [0.2, 0.25) is 5.89 Å². The van der Waals surface area contributed by atoms with E-state index in [0.29, 0.717) is 29.7 Å². The molecule has 0 aliphatic carbocycles. The molecule has 1 aromatic carbocycles. The minimum absolute atomic E-state index is 0.302. The van der Waals surface area contributed by atoms with Crippen molar-refractivity contribution in [1.82, 2.24) is 15.2 Å². The fourth-order valence-electron chi connectivity index (χ4n) is 3.33. The van der Waals surface area contributed by atoms with Gasteiger partial charge in [0.05, 0.1) is 18.4 Å². The van der Waals surface area contributed by atoms with Gasteiger partial charge in [0.1, 0.15) is 17.3 Å². The fraction of sp³-hybridized carbons (Fsp3) is 0.526. The van der Waals surface area contributed by atoms with Gasteiger partial charge in [0.15, 0.2) is 0 Å². The van der Waals surface area contributed by atoms with Crippen molar-refractivity contribution < 1.29 is 13.5 Å². The number of nitrogens with zero attached hydrogens (tertiary/aromatic N) is 2. The van der Waals surface area contributed by atoms with Crippen molar-refractivity contribution in [2.24, 2.45) is 5.92 Å². The van der Waals surface area contributed by atoms with Gasteiger partial charge in [-0.1, -0.05) is 0 Å². The first kappa shape index (κ1) is 17.9. The van der Waals surface area contributed by atoms with Gasteiger partial charge in [-0.05, 0) is 64.0 Å². The Kier molecular flexibility index (Phi) is 5.71. The van der Waals surface area contributed by atoms with E-state index in [2.05, 4.69) is 22.2 Å². The van der Waals surface area contributed by atoms with E-state index in [0.717, 1.165) is 31.1 Å². The molecule has 0 saturated carbocycles. The topological polar surface area (TPSA) is 50.5 Å². The molecule has 1 saturated heterocycles. The molecule has 0 spiro atoms. The highest BCUT2D eigenvalue weighted by molar-refractivity contribution is 5.57. The van der Waals surface area contributed by atoms with Gasteiger partial charge in [-0.3, -0.25) is 0 Å². The molecule has 0 bridgehead atoms. The van der Waals surface area contributed by atoms with Crippen molar-refractivity contribution in [2.75, 3.05) is 33.8 Å². The monoisotopic (exact) mass is 347 g/mol. The van der Waals surface area contributed by atoms with Crippen LogP contribution < -0.4 is 10.1 Å². The third-order valence-electron chi connectivity index (χ3n) is 4.69. The maximum atomic E-state index is 14.1. The zero-order chi connectivity index (χ0) is 17.8. The summed E-state index contributed by atoms with van der Waals surface area (Å²) in [7, 11) is 3.65. The van der Waals surface area contributed by atoms with Crippen molar-refractivity contribution in [3.05, 3.63) is 35.5 Å². The van der Waals surface area contributed by atoms with Gasteiger partial charge in [0, 0.05) is 13.1 Å². The molecule has 2 heterocycles. The number of aromatic nitrogens is 1. The van der Waals surface area contributed by atoms with Crippen molar-refractivity contribution >= 4 is 0 Å². The minimum Gasteiger partial charge on any atom is -0.497 e. The maximum absolute atomic E-state index is 14.1. The molecular formula is C19H26FN3O2. The second kappa shape index (κ2) is 7.97. The largest absolute Gasteiger partial charge is 0.497 e. The third-order valence-corrected chi connectivity index (χ3v) is 4.69. The predicted molar refractivity (Wildman–Crippen MR) is 95.1 cm³/mol. The van der Waals surface area contributed by atoms with Crippen molar-refractivity contribution in [3.8, 4) is 17.2 Å². The number of ether oxygens (including phenoxy) is 1. The summed E-state index contributed by atoms with van der Waals surface area (Å²) in [4.78, 5) is 6.79. The lowest BCUT2D eigenvalue weighted by Crippen LogP contribution is -2.36. The molecule has 2 aromatic rings. The van der Waals surface area contributed by atoms with E-state index >= 15 is 0 Å². The van der Waals surface area contributed by atoms with Crippen LogP contribution in [0.1, 0.15) is 24.3 Å². The Morgan fingerprint density at radius 3 is 3.00 bits per heavy atom. The Morgan fingerprint density at radius 2 is 2.28 bits per heavy atom. The Morgan fingerprint density at radius 1 is 1.44 bits per heavy atom. The minimum atomic E-state index is -0.366. The fourth-order valence-corrected chi connectivity index (χ4v) is 3.33. The summed E-state index contributed by atoms with van der Waals surface area (Å²) in [5.74, 6) is 1.91. The number of rotatable bonds is 6. The highest BCUT2D eigenvalue weighted by atomic mass is 19.1. The molecule has 1 aliphatic heterocycles. The Hall–Kier alpha value is -1.92. The van der Waals surface area contributed by atoms with Gasteiger partial charge >= 0.3 is 0 Å². The van der Waals surface area contributed by atoms with Gasteiger partial charge in [0.25, 0.3) is 0 Å². The van der Waals surface area contributed by atoms with Crippen LogP contribution in [0.5, 0.6) is 5.75 Å². The molecule has 136 valence electrons. The quantitative estimate of drug-likeness (QED) is 0.869. The zero-order valence-electron chi connectivity index (χ0n) is 15.1. The summed E-state index contributed by atoms with van der Waals surface area (Å²) < 4.78 is 25.0. The molecule has 1 unspecified atom stereocenters. The smallest absolute Gasteiger partial charge is 0.229 e. The van der Waals surface area contributed by atoms with Crippen molar-refractivity contribution in [1.29, 1.82) is 0 Å². The number of nitrogens with one attached hydrogen (secondary N) is 1. The second-order valence-electron chi connectivity index (χ2n) is 6.78. The summed E-state index contributed by atoms with van der Waals surface area (Å²) in [6, 6.07) is 4.57. The molecule has 1 aromatic heterocycles. The first-order valence-electron chi connectivity index (χ1n) is 8.76. The Balaban J connectivity index is 1.71. The number of hydrogen-bond donors (Lipinski definition) is 1. The zero-order valence-corrected chi connectivity index (χ0v) is 15.1. The van der Waals surface area contributed by atoms with Crippen LogP contribution in [0.3, 0.4) is 0 Å². The molecule has 1 fully saturated rings. The lowest BCUT2D eigenvalue weighted by Gasteiger charge is -2.27. The predicted octanol–water partition coefficient (Wildman–Crippen LogP) is 3.23. The van der Waals surface area contributed by atoms with Crippen LogP contribution in [0, 0.1) is 18.7 Å². The van der Waals surface area contributed by atoms with Gasteiger partial charge in [-0.25, -0.2) is 9.37 Å². The van der Waals surface area contributed by atoms with Crippen molar-refractivity contribution in [3.63, 3.8) is 0 Å². The average Bonchev–Trinajstić information content (AvgIpc) is 2.96. The van der Waals surface area contributed by atoms with E-state index in [4.69, 9.17) is 9.15 Å². The number of aryl methyl sites for hydroxylation is 1. The summed E-state index contributed by atoms with van der Waals surface area (Å²) in [6.07, 6.45) is 2.50. The third kappa shape index (κ3) is 4.38. The highest BCUT2D eigenvalue weighted by Gasteiger charge is 2.19. The number of halogens is 1. The maximum Gasteiger partial charge on any atom is 0.229 e. The molecule has 5 nitrogen and oxygen atoms in total. The van der Waals surface area contributed by atoms with Crippen LogP contribution in [-0.2, 0) is 6.54 Å². The summed E-state index contributed by atoms with van der Waals surface area (Å²) in [6.45, 7) is 5.78. The van der Waals surface area contributed by atoms with Crippen molar-refractivity contribution in [2.45, 2.75) is 26.3 Å². The molecule has 1 atom stereocenters. The van der Waals surface area contributed by atoms with Crippen LogP contribution in [0.2, 0.25) is 0 Å². The van der Waals surface area contributed by atoms with E-state index < -0.39 is 0 Å². The van der Waals surface area contributed by atoms with E-state index in [-0.39, 0.29) is 5.82 Å². The Labute approximate surface area is 148 Å². The number of hydrogen-bond acceptors (Lipinski definition) is 5. The normalized spacial score (nSPS) is 17.9. The van der Waals surface area contributed by atoms with Crippen LogP contribution in [0.4, 0.5) is 4.39 Å². The highest BCUT2D eigenvalue weighted by Crippen LogP contribution is 2.28. The van der Waals surface area contributed by atoms with Gasteiger partial charge in [-0.2, -0.15) is 0 Å². The van der Waals surface area contributed by atoms with Crippen LogP contribution in [0.25, 0.3) is 11.5 Å². The van der Waals surface area contributed by atoms with E-state index in [1.54, 1.807) is 19.2 Å². The first-order chi connectivity index (χ1) is 12.1. The molecule has 0 amide bonds. The van der Waals surface area contributed by atoms with E-state index in [1.807, 2.05) is 6.92 Å². The standard InChI is InChI=1S/C19H26FN3O2/c1-13-18(12-23(2)11-14-5-4-8-21-10-14)22-19(25-13)16-9-15(24-3)6-7-17(16)20/h6-7,9,14,21H,4-5,8,10-12H2,1-3H3. The van der Waals surface area contributed by atoms with Crippen LogP contribution in [-0.4, -0.2) is 43.7 Å². The number of oxazole rings is 1. The van der Waals surface area contributed by atoms with E-state index in [9.17, 15) is 4.39 Å². The van der Waals surface area contributed by atoms with Crippen LogP contribution >= 0.6 is 0 Å². The number of piperidine rings is 1.